The fraction of sp³-hybridized carbons (Fsp3) is 0.278. The zero-order valence-corrected chi connectivity index (χ0v) is 15.8. The van der Waals surface area contributed by atoms with Gasteiger partial charge in [-0.1, -0.05) is 0 Å². The van der Waals surface area contributed by atoms with Crippen LogP contribution in [0.1, 0.15) is 17.3 Å². The molecule has 1 heterocycles. The maximum atomic E-state index is 12.7. The third-order valence-corrected chi connectivity index (χ3v) is 6.12. The molecule has 0 bridgehead atoms. The highest BCUT2D eigenvalue weighted by molar-refractivity contribution is 7.89. The number of carbonyl (C=O) groups is 1. The molecule has 0 amide bonds. The minimum absolute atomic E-state index is 0.0958. The van der Waals surface area contributed by atoms with Gasteiger partial charge in [0.25, 0.3) is 0 Å². The van der Waals surface area contributed by atoms with Crippen molar-refractivity contribution in [3.05, 3.63) is 58.1 Å². The lowest BCUT2D eigenvalue weighted by Crippen LogP contribution is -2.40. The van der Waals surface area contributed by atoms with Crippen molar-refractivity contribution in [3.63, 3.8) is 0 Å². The Kier molecular flexibility index (Phi) is 5.73. The number of hydrogen-bond acceptors (Lipinski definition) is 7. The number of hydrogen-bond donors (Lipinski definition) is 0. The van der Waals surface area contributed by atoms with Gasteiger partial charge in [-0.2, -0.15) is 4.31 Å². The molecule has 0 N–H and O–H groups in total. The van der Waals surface area contributed by atoms with E-state index in [1.807, 2.05) is 0 Å². The summed E-state index contributed by atoms with van der Waals surface area (Å²) < 4.78 is 37.3. The van der Waals surface area contributed by atoms with E-state index in [4.69, 9.17) is 9.47 Å². The van der Waals surface area contributed by atoms with Crippen LogP contribution in [0.4, 0.5) is 5.69 Å². The molecule has 10 heteroatoms. The van der Waals surface area contributed by atoms with Crippen LogP contribution in [0.2, 0.25) is 0 Å². The minimum atomic E-state index is -3.87. The first kappa shape index (κ1) is 19.9. The largest absolute Gasteiger partial charge is 0.450 e. The summed E-state index contributed by atoms with van der Waals surface area (Å²) in [5.41, 5.74) is 0.0128. The molecule has 0 unspecified atom stereocenters. The van der Waals surface area contributed by atoms with E-state index < -0.39 is 20.6 Å². The van der Waals surface area contributed by atoms with Crippen LogP contribution in [0, 0.1) is 10.1 Å². The van der Waals surface area contributed by atoms with Crippen molar-refractivity contribution in [2.45, 2.75) is 11.8 Å². The van der Waals surface area contributed by atoms with Crippen LogP contribution in [0.3, 0.4) is 0 Å². The topological polar surface area (TPSA) is 116 Å². The van der Waals surface area contributed by atoms with Gasteiger partial charge in [0.15, 0.2) is 5.78 Å². The van der Waals surface area contributed by atoms with Gasteiger partial charge in [0.1, 0.15) is 5.75 Å². The molecule has 148 valence electrons. The summed E-state index contributed by atoms with van der Waals surface area (Å²) in [7, 11) is -3.87. The Morgan fingerprint density at radius 1 is 1.14 bits per heavy atom. The molecule has 2 aromatic rings. The van der Waals surface area contributed by atoms with Crippen LogP contribution in [-0.4, -0.2) is 49.7 Å². The van der Waals surface area contributed by atoms with Crippen LogP contribution < -0.4 is 4.74 Å². The predicted octanol–water partition coefficient (Wildman–Crippen LogP) is 2.61. The summed E-state index contributed by atoms with van der Waals surface area (Å²) in [4.78, 5) is 21.9. The third kappa shape index (κ3) is 4.19. The lowest BCUT2D eigenvalue weighted by Gasteiger charge is -2.26. The van der Waals surface area contributed by atoms with Gasteiger partial charge in [-0.05, 0) is 43.3 Å². The fourth-order valence-corrected chi connectivity index (χ4v) is 4.14. The Morgan fingerprint density at radius 2 is 1.79 bits per heavy atom. The van der Waals surface area contributed by atoms with Gasteiger partial charge in [0.2, 0.25) is 15.8 Å². The van der Waals surface area contributed by atoms with Crippen molar-refractivity contribution in [1.82, 2.24) is 4.31 Å². The summed E-state index contributed by atoms with van der Waals surface area (Å²) >= 11 is 0. The van der Waals surface area contributed by atoms with Crippen molar-refractivity contribution in [2.24, 2.45) is 0 Å². The SMILES string of the molecule is CC(=O)c1ccc(Oc2ccc(S(=O)(=O)N3CCOCC3)cc2[N+](=O)[O-])cc1. The minimum Gasteiger partial charge on any atom is -0.450 e. The van der Waals surface area contributed by atoms with Crippen molar-refractivity contribution in [1.29, 1.82) is 0 Å². The Balaban J connectivity index is 1.91. The van der Waals surface area contributed by atoms with E-state index >= 15 is 0 Å². The van der Waals surface area contributed by atoms with Gasteiger partial charge in [-0.15, -0.1) is 0 Å². The zero-order valence-electron chi connectivity index (χ0n) is 15.0. The number of rotatable bonds is 6. The second-order valence-electron chi connectivity index (χ2n) is 6.09. The maximum Gasteiger partial charge on any atom is 0.312 e. The first-order valence-electron chi connectivity index (χ1n) is 8.44. The molecule has 0 atom stereocenters. The van der Waals surface area contributed by atoms with Gasteiger partial charge >= 0.3 is 5.69 Å². The number of benzene rings is 2. The molecular formula is C18H18N2O7S. The highest BCUT2D eigenvalue weighted by atomic mass is 32.2. The normalized spacial score (nSPS) is 15.2. The zero-order chi connectivity index (χ0) is 20.3. The molecule has 0 aromatic heterocycles. The first-order valence-corrected chi connectivity index (χ1v) is 9.88. The number of nitro benzene ring substituents is 1. The molecule has 0 aliphatic carbocycles. The Morgan fingerprint density at radius 3 is 2.36 bits per heavy atom. The quantitative estimate of drug-likeness (QED) is 0.411. The van der Waals surface area contributed by atoms with Crippen molar-refractivity contribution in [3.8, 4) is 11.5 Å². The second kappa shape index (κ2) is 8.05. The number of ether oxygens (including phenoxy) is 2. The Labute approximate surface area is 161 Å². The average Bonchev–Trinajstić information content (AvgIpc) is 2.69. The lowest BCUT2D eigenvalue weighted by molar-refractivity contribution is -0.385. The highest BCUT2D eigenvalue weighted by Gasteiger charge is 2.29. The van der Waals surface area contributed by atoms with Crippen LogP contribution in [0.5, 0.6) is 11.5 Å². The number of sulfonamides is 1. The van der Waals surface area contributed by atoms with E-state index in [-0.39, 0.29) is 48.5 Å². The molecule has 1 aliphatic rings. The Hall–Kier alpha value is -2.82. The molecule has 3 rings (SSSR count). The number of morpholine rings is 1. The van der Waals surface area contributed by atoms with Gasteiger partial charge in [0, 0.05) is 24.7 Å². The van der Waals surface area contributed by atoms with Crippen LogP contribution in [0.25, 0.3) is 0 Å². The maximum absolute atomic E-state index is 12.7. The van der Waals surface area contributed by atoms with Gasteiger partial charge in [-0.25, -0.2) is 8.42 Å². The number of carbonyl (C=O) groups excluding carboxylic acids is 1. The molecule has 1 fully saturated rings. The Bertz CT molecular complexity index is 997. The lowest BCUT2D eigenvalue weighted by atomic mass is 10.1. The van der Waals surface area contributed by atoms with E-state index in [1.165, 1.54) is 35.5 Å². The summed E-state index contributed by atoms with van der Waals surface area (Å²) in [5.74, 6) is 0.0774. The third-order valence-electron chi connectivity index (χ3n) is 4.22. The smallest absolute Gasteiger partial charge is 0.312 e. The predicted molar refractivity (Wildman–Crippen MR) is 99.2 cm³/mol. The fourth-order valence-electron chi connectivity index (χ4n) is 2.71. The molecule has 1 saturated heterocycles. The summed E-state index contributed by atoms with van der Waals surface area (Å²) in [6.45, 7) is 2.36. The molecule has 0 saturated carbocycles. The summed E-state index contributed by atoms with van der Waals surface area (Å²) in [6, 6.07) is 9.63. The van der Waals surface area contributed by atoms with Crippen LogP contribution in [0.15, 0.2) is 47.4 Å². The van der Waals surface area contributed by atoms with Crippen LogP contribution >= 0.6 is 0 Å². The molecular weight excluding hydrogens is 388 g/mol. The van der Waals surface area contributed by atoms with Crippen molar-refractivity contribution < 1.29 is 27.6 Å². The standard InChI is InChI=1S/C18H18N2O7S/c1-13(21)14-2-4-15(5-3-14)27-18-7-6-16(12-17(18)20(22)23)28(24,25)19-8-10-26-11-9-19/h2-7,12H,8-11H2,1H3. The number of Topliss-reactive ketones (excluding diaryl/α,β-unsaturated/α-hetero) is 1. The number of nitro groups is 1. The van der Waals surface area contributed by atoms with Crippen LogP contribution in [-0.2, 0) is 14.8 Å². The van der Waals surface area contributed by atoms with E-state index in [9.17, 15) is 23.3 Å². The molecule has 0 spiro atoms. The van der Waals surface area contributed by atoms with Gasteiger partial charge in [0.05, 0.1) is 23.0 Å². The van der Waals surface area contributed by atoms with E-state index in [0.29, 0.717) is 5.56 Å². The molecule has 9 nitrogen and oxygen atoms in total. The summed E-state index contributed by atoms with van der Waals surface area (Å²) in [6.07, 6.45) is 0. The number of ketones is 1. The molecule has 28 heavy (non-hydrogen) atoms. The van der Waals surface area contributed by atoms with Crippen molar-refractivity contribution >= 4 is 21.5 Å². The van der Waals surface area contributed by atoms with Crippen molar-refractivity contribution in [2.75, 3.05) is 26.3 Å². The second-order valence-corrected chi connectivity index (χ2v) is 8.02. The number of nitrogens with zero attached hydrogens (tertiary/aromatic N) is 2. The van der Waals surface area contributed by atoms with Gasteiger partial charge < -0.3 is 9.47 Å². The average molecular weight is 406 g/mol. The monoisotopic (exact) mass is 406 g/mol. The van der Waals surface area contributed by atoms with Gasteiger partial charge in [-0.3, -0.25) is 14.9 Å². The van der Waals surface area contributed by atoms with E-state index in [2.05, 4.69) is 0 Å². The highest BCUT2D eigenvalue weighted by Crippen LogP contribution is 2.34. The van der Waals surface area contributed by atoms with E-state index in [1.54, 1.807) is 12.1 Å². The van der Waals surface area contributed by atoms with E-state index in [0.717, 1.165) is 6.07 Å². The summed E-state index contributed by atoms with van der Waals surface area (Å²) in [5, 5.41) is 11.5. The molecule has 0 radical (unpaired) electrons. The first-order chi connectivity index (χ1) is 13.3. The molecule has 1 aliphatic heterocycles. The molecule has 2 aromatic carbocycles.